The van der Waals surface area contributed by atoms with Crippen molar-refractivity contribution in [3.63, 3.8) is 0 Å². The minimum absolute atomic E-state index is 0.251. The molecule has 0 atom stereocenters. The third-order valence-corrected chi connectivity index (χ3v) is 5.08. The zero-order chi connectivity index (χ0) is 24.9. The summed E-state index contributed by atoms with van der Waals surface area (Å²) in [6.07, 6.45) is 4.16. The Morgan fingerprint density at radius 2 is 1.94 bits per heavy atom. The van der Waals surface area contributed by atoms with Crippen LogP contribution in [0, 0.1) is 6.92 Å². The van der Waals surface area contributed by atoms with Crippen molar-refractivity contribution in [1.29, 1.82) is 0 Å². The van der Waals surface area contributed by atoms with Gasteiger partial charge in [-0.05, 0) is 24.6 Å². The number of aryl methyl sites for hydroxylation is 1. The second-order valence-electron chi connectivity index (χ2n) is 7.51. The zero-order valence-electron chi connectivity index (χ0n) is 20.9. The first-order valence-corrected chi connectivity index (χ1v) is 11.9. The molecule has 0 amide bonds. The highest BCUT2D eigenvalue weighted by Gasteiger charge is 2.23. The Balaban J connectivity index is 0.00000167. The number of rotatable bonds is 9. The van der Waals surface area contributed by atoms with Crippen molar-refractivity contribution in [2.75, 3.05) is 50.3 Å². The molecule has 1 fully saturated rings. The largest absolute Gasteiger partial charge is 0.490 e. The van der Waals surface area contributed by atoms with Crippen LogP contribution in [0.1, 0.15) is 30.7 Å². The first-order chi connectivity index (χ1) is 17.2. The highest BCUT2D eigenvalue weighted by molar-refractivity contribution is 5.80. The number of pyridine rings is 1. The number of hydrogen-bond acceptors (Lipinski definition) is 9. The Morgan fingerprint density at radius 3 is 2.66 bits per heavy atom. The molecule has 2 aromatic heterocycles. The fourth-order valence-corrected chi connectivity index (χ4v) is 3.45. The highest BCUT2D eigenvalue weighted by atomic mass is 16.5. The molecule has 186 valence electrons. The number of hydrazone groups is 1. The predicted molar refractivity (Wildman–Crippen MR) is 139 cm³/mol. The standard InChI is InChI=1S/C24H28N6O3.C2H6/c1-18-6-5-7-19(16-18)17-26-29-22-21(31-2)23(30-11-14-32-15-12-30)28-24(27-22)33-13-9-20-8-3-4-10-25-20;1-2/h3-8,10,16-17H,9,11-15H2,1-2H3,(H,27,28,29);1-2H3/b26-17+;. The molecule has 1 aliphatic heterocycles. The fraction of sp³-hybridized carbons (Fsp3) is 0.385. The SMILES string of the molecule is CC.COc1c(N/N=C/c2cccc(C)c2)nc(OCCc2ccccn2)nc1N1CCOCC1. The van der Waals surface area contributed by atoms with Crippen molar-refractivity contribution in [3.8, 4) is 11.8 Å². The van der Waals surface area contributed by atoms with Gasteiger partial charge >= 0.3 is 6.01 Å². The molecular weight excluding hydrogens is 444 g/mol. The maximum absolute atomic E-state index is 5.89. The topological polar surface area (TPSA) is 94.0 Å². The monoisotopic (exact) mass is 478 g/mol. The van der Waals surface area contributed by atoms with Crippen LogP contribution in [0.4, 0.5) is 11.6 Å². The lowest BCUT2D eigenvalue weighted by Crippen LogP contribution is -2.37. The molecule has 0 saturated carbocycles. The van der Waals surface area contributed by atoms with E-state index >= 15 is 0 Å². The number of hydrogen-bond donors (Lipinski definition) is 1. The minimum Gasteiger partial charge on any atom is -0.490 e. The van der Waals surface area contributed by atoms with Crippen molar-refractivity contribution in [3.05, 3.63) is 65.5 Å². The van der Waals surface area contributed by atoms with Crippen molar-refractivity contribution >= 4 is 17.9 Å². The number of morpholine rings is 1. The summed E-state index contributed by atoms with van der Waals surface area (Å²) in [5.41, 5.74) is 6.09. The van der Waals surface area contributed by atoms with Gasteiger partial charge < -0.3 is 19.1 Å². The molecule has 0 radical (unpaired) electrons. The van der Waals surface area contributed by atoms with Gasteiger partial charge in [0.05, 0.1) is 33.1 Å². The van der Waals surface area contributed by atoms with Gasteiger partial charge in [0.25, 0.3) is 0 Å². The molecule has 1 N–H and O–H groups in total. The van der Waals surface area contributed by atoms with Crippen LogP contribution in [0.15, 0.2) is 53.8 Å². The molecule has 0 spiro atoms. The van der Waals surface area contributed by atoms with E-state index in [0.29, 0.717) is 56.7 Å². The van der Waals surface area contributed by atoms with Crippen LogP contribution in [-0.2, 0) is 11.2 Å². The summed E-state index contributed by atoms with van der Waals surface area (Å²) >= 11 is 0. The van der Waals surface area contributed by atoms with E-state index in [1.54, 1.807) is 19.5 Å². The smallest absolute Gasteiger partial charge is 0.320 e. The molecule has 9 heteroatoms. The summed E-state index contributed by atoms with van der Waals surface area (Å²) in [5.74, 6) is 1.60. The van der Waals surface area contributed by atoms with Crippen LogP contribution in [-0.4, -0.2) is 61.2 Å². The van der Waals surface area contributed by atoms with Gasteiger partial charge in [-0.1, -0.05) is 49.7 Å². The summed E-state index contributed by atoms with van der Waals surface area (Å²) < 4.78 is 17.1. The third kappa shape index (κ3) is 7.65. The highest BCUT2D eigenvalue weighted by Crippen LogP contribution is 2.35. The average molecular weight is 479 g/mol. The molecule has 0 bridgehead atoms. The molecule has 0 aliphatic carbocycles. The molecule has 1 aliphatic rings. The number of anilines is 2. The van der Waals surface area contributed by atoms with Gasteiger partial charge in [-0.15, -0.1) is 0 Å². The minimum atomic E-state index is 0.251. The molecule has 3 aromatic rings. The van der Waals surface area contributed by atoms with Crippen LogP contribution >= 0.6 is 0 Å². The number of benzene rings is 1. The first kappa shape index (κ1) is 25.9. The van der Waals surface area contributed by atoms with Gasteiger partial charge in [0, 0.05) is 31.4 Å². The molecule has 35 heavy (non-hydrogen) atoms. The van der Waals surface area contributed by atoms with Gasteiger partial charge in [-0.25, -0.2) is 0 Å². The normalized spacial score (nSPS) is 13.2. The van der Waals surface area contributed by atoms with E-state index in [1.165, 1.54) is 0 Å². The Morgan fingerprint density at radius 1 is 1.11 bits per heavy atom. The Labute approximate surface area is 207 Å². The predicted octanol–water partition coefficient (Wildman–Crippen LogP) is 4.12. The summed E-state index contributed by atoms with van der Waals surface area (Å²) in [7, 11) is 1.60. The lowest BCUT2D eigenvalue weighted by atomic mass is 10.2. The van der Waals surface area contributed by atoms with E-state index in [2.05, 4.69) is 30.4 Å². The second kappa shape index (κ2) is 13.9. The second-order valence-corrected chi connectivity index (χ2v) is 7.51. The van der Waals surface area contributed by atoms with Gasteiger partial charge in [0.2, 0.25) is 5.75 Å². The first-order valence-electron chi connectivity index (χ1n) is 11.9. The van der Waals surface area contributed by atoms with Crippen LogP contribution in [0.5, 0.6) is 11.8 Å². The van der Waals surface area contributed by atoms with Crippen LogP contribution < -0.4 is 19.8 Å². The molecule has 4 rings (SSSR count). The average Bonchev–Trinajstić information content (AvgIpc) is 2.91. The van der Waals surface area contributed by atoms with Crippen LogP contribution in [0.3, 0.4) is 0 Å². The number of nitrogens with zero attached hydrogens (tertiary/aromatic N) is 5. The van der Waals surface area contributed by atoms with Gasteiger partial charge in [-0.3, -0.25) is 10.4 Å². The summed E-state index contributed by atoms with van der Waals surface area (Å²) in [6.45, 7) is 9.09. The summed E-state index contributed by atoms with van der Waals surface area (Å²) in [4.78, 5) is 15.6. The van der Waals surface area contributed by atoms with E-state index in [9.17, 15) is 0 Å². The lowest BCUT2D eigenvalue weighted by molar-refractivity contribution is 0.122. The zero-order valence-corrected chi connectivity index (χ0v) is 20.9. The van der Waals surface area contributed by atoms with Gasteiger partial charge in [0.1, 0.15) is 0 Å². The van der Waals surface area contributed by atoms with Crippen LogP contribution in [0.2, 0.25) is 0 Å². The van der Waals surface area contributed by atoms with E-state index < -0.39 is 0 Å². The number of ether oxygens (including phenoxy) is 3. The Hall–Kier alpha value is -3.72. The molecule has 1 saturated heterocycles. The molecule has 1 aromatic carbocycles. The molecule has 9 nitrogen and oxygen atoms in total. The van der Waals surface area contributed by atoms with E-state index in [-0.39, 0.29) is 6.01 Å². The molecule has 0 unspecified atom stereocenters. The van der Waals surface area contributed by atoms with E-state index in [1.807, 2.05) is 63.2 Å². The Kier molecular flexibility index (Phi) is 10.3. The summed E-state index contributed by atoms with van der Waals surface area (Å²) in [6, 6.07) is 14.1. The van der Waals surface area contributed by atoms with Gasteiger partial charge in [0.15, 0.2) is 11.6 Å². The van der Waals surface area contributed by atoms with Crippen molar-refractivity contribution in [1.82, 2.24) is 15.0 Å². The quantitative estimate of drug-likeness (QED) is 0.363. The van der Waals surface area contributed by atoms with Crippen molar-refractivity contribution < 1.29 is 14.2 Å². The fourth-order valence-electron chi connectivity index (χ4n) is 3.45. The Bertz CT molecular complexity index is 1070. The van der Waals surface area contributed by atoms with E-state index in [0.717, 1.165) is 16.8 Å². The summed E-state index contributed by atoms with van der Waals surface area (Å²) in [5, 5.41) is 4.36. The maximum atomic E-state index is 5.89. The third-order valence-electron chi connectivity index (χ3n) is 5.08. The number of methoxy groups -OCH3 is 1. The van der Waals surface area contributed by atoms with Crippen molar-refractivity contribution in [2.24, 2.45) is 5.10 Å². The van der Waals surface area contributed by atoms with Crippen molar-refractivity contribution in [2.45, 2.75) is 27.2 Å². The van der Waals surface area contributed by atoms with E-state index in [4.69, 9.17) is 14.2 Å². The molecule has 3 heterocycles. The molecular formula is C26H34N6O3. The number of aromatic nitrogens is 3. The maximum Gasteiger partial charge on any atom is 0.320 e. The number of nitrogens with one attached hydrogen (secondary N) is 1. The van der Waals surface area contributed by atoms with Gasteiger partial charge in [-0.2, -0.15) is 15.1 Å². The van der Waals surface area contributed by atoms with Crippen LogP contribution in [0.25, 0.3) is 0 Å². The lowest BCUT2D eigenvalue weighted by Gasteiger charge is -2.29.